The first-order valence-corrected chi connectivity index (χ1v) is 10.8. The Balaban J connectivity index is 2.05. The van der Waals surface area contributed by atoms with E-state index in [4.69, 9.17) is 18.9 Å². The second kappa shape index (κ2) is 11.1. The van der Waals surface area contributed by atoms with E-state index in [2.05, 4.69) is 10.3 Å². The maximum Gasteiger partial charge on any atom is 0.338 e. The molecule has 9 nitrogen and oxygen atoms in total. The highest BCUT2D eigenvalue weighted by molar-refractivity contribution is 5.96. The first kappa shape index (κ1) is 26.8. The molecular weight excluding hydrogens is 440 g/mol. The lowest BCUT2D eigenvalue weighted by Crippen LogP contribution is -2.46. The zero-order chi connectivity index (χ0) is 25.5. The predicted octanol–water partition coefficient (Wildman–Crippen LogP) is 3.92. The Hall–Kier alpha value is -3.46. The summed E-state index contributed by atoms with van der Waals surface area (Å²) in [5.74, 6) is -0.987. The fraction of sp³-hybridized carbons (Fsp3) is 0.440. The number of nitrogens with one attached hydrogen (secondary N) is 1. The van der Waals surface area contributed by atoms with Crippen molar-refractivity contribution in [1.82, 2.24) is 10.3 Å². The Morgan fingerprint density at radius 3 is 2.24 bits per heavy atom. The summed E-state index contributed by atoms with van der Waals surface area (Å²) in [6.07, 6.45) is 1.32. The number of ether oxygens (including phenoxy) is 4. The summed E-state index contributed by atoms with van der Waals surface area (Å²) < 4.78 is 21.4. The largest absolute Gasteiger partial charge is 0.467 e. The lowest BCUT2D eigenvalue weighted by Gasteiger charge is -2.23. The van der Waals surface area contributed by atoms with Crippen molar-refractivity contribution < 1.29 is 33.3 Å². The van der Waals surface area contributed by atoms with Crippen molar-refractivity contribution in [3.8, 4) is 11.6 Å². The summed E-state index contributed by atoms with van der Waals surface area (Å²) in [5.41, 5.74) is -0.537. The fourth-order valence-electron chi connectivity index (χ4n) is 2.61. The zero-order valence-electron chi connectivity index (χ0n) is 20.6. The standard InChI is InChI=1S/C25H32N2O7/c1-24(2,3)32-15-19(23(30)31-7)27-21(28)17-11-12-20(26-14-17)33-18-10-8-9-16(13-18)22(29)34-25(4,5)6/h8-14,19H,15H2,1-7H3,(H,27,28)/t19-/m0/s1. The number of hydrogen-bond acceptors (Lipinski definition) is 8. The third-order valence-corrected chi connectivity index (χ3v) is 4.16. The molecule has 0 fully saturated rings. The van der Waals surface area contributed by atoms with Crippen LogP contribution in [0.5, 0.6) is 11.6 Å². The fourth-order valence-corrected chi connectivity index (χ4v) is 2.61. The number of pyridine rings is 1. The van der Waals surface area contributed by atoms with E-state index in [1.165, 1.54) is 25.4 Å². The van der Waals surface area contributed by atoms with Gasteiger partial charge in [-0.15, -0.1) is 0 Å². The predicted molar refractivity (Wildman–Crippen MR) is 125 cm³/mol. The van der Waals surface area contributed by atoms with Gasteiger partial charge in [-0.1, -0.05) is 6.07 Å². The minimum Gasteiger partial charge on any atom is -0.467 e. The van der Waals surface area contributed by atoms with E-state index in [0.29, 0.717) is 11.3 Å². The second-order valence-corrected chi connectivity index (χ2v) is 9.49. The van der Waals surface area contributed by atoms with Gasteiger partial charge in [0.1, 0.15) is 11.4 Å². The van der Waals surface area contributed by atoms with Gasteiger partial charge in [0.05, 0.1) is 30.4 Å². The van der Waals surface area contributed by atoms with Crippen molar-refractivity contribution in [2.75, 3.05) is 13.7 Å². The van der Waals surface area contributed by atoms with Crippen LogP contribution in [0.15, 0.2) is 42.6 Å². The number of carbonyl (C=O) groups excluding carboxylic acids is 3. The smallest absolute Gasteiger partial charge is 0.338 e. The van der Waals surface area contributed by atoms with Gasteiger partial charge in [-0.3, -0.25) is 4.79 Å². The van der Waals surface area contributed by atoms with E-state index in [-0.39, 0.29) is 18.1 Å². The molecule has 1 N–H and O–H groups in total. The van der Waals surface area contributed by atoms with Crippen LogP contribution in [0.1, 0.15) is 62.3 Å². The molecule has 1 heterocycles. The van der Waals surface area contributed by atoms with E-state index in [9.17, 15) is 14.4 Å². The van der Waals surface area contributed by atoms with Gasteiger partial charge in [0.2, 0.25) is 5.88 Å². The third-order valence-electron chi connectivity index (χ3n) is 4.16. The van der Waals surface area contributed by atoms with Crippen molar-refractivity contribution >= 4 is 17.8 Å². The molecule has 2 rings (SSSR count). The molecule has 0 unspecified atom stereocenters. The van der Waals surface area contributed by atoms with Gasteiger partial charge in [0.15, 0.2) is 6.04 Å². The SMILES string of the molecule is COC(=O)[C@H](COC(C)(C)C)NC(=O)c1ccc(Oc2cccc(C(=O)OC(C)(C)C)c2)nc1. The number of nitrogens with zero attached hydrogens (tertiary/aromatic N) is 1. The van der Waals surface area contributed by atoms with Gasteiger partial charge < -0.3 is 24.3 Å². The molecule has 0 aliphatic carbocycles. The molecule has 0 saturated heterocycles. The second-order valence-electron chi connectivity index (χ2n) is 9.49. The number of hydrogen-bond donors (Lipinski definition) is 1. The highest BCUT2D eigenvalue weighted by atomic mass is 16.6. The lowest BCUT2D eigenvalue weighted by molar-refractivity contribution is -0.146. The Kier molecular flexibility index (Phi) is 8.75. The number of methoxy groups -OCH3 is 1. The number of carbonyl (C=O) groups is 3. The average Bonchev–Trinajstić information content (AvgIpc) is 2.75. The summed E-state index contributed by atoms with van der Waals surface area (Å²) in [7, 11) is 1.24. The number of amides is 1. The molecule has 184 valence electrons. The Morgan fingerprint density at radius 2 is 1.68 bits per heavy atom. The maximum absolute atomic E-state index is 12.6. The van der Waals surface area contributed by atoms with E-state index < -0.39 is 35.1 Å². The molecule has 34 heavy (non-hydrogen) atoms. The van der Waals surface area contributed by atoms with Crippen molar-refractivity contribution in [3.63, 3.8) is 0 Å². The molecular formula is C25H32N2O7. The quantitative estimate of drug-likeness (QED) is 0.575. The molecule has 1 aromatic heterocycles. The zero-order valence-corrected chi connectivity index (χ0v) is 20.6. The van der Waals surface area contributed by atoms with Crippen LogP contribution >= 0.6 is 0 Å². The lowest BCUT2D eigenvalue weighted by atomic mass is 10.1. The molecule has 0 radical (unpaired) electrons. The van der Waals surface area contributed by atoms with Crippen molar-refractivity contribution in [2.45, 2.75) is 58.8 Å². The molecule has 1 aromatic carbocycles. The normalized spacial score (nSPS) is 12.4. The van der Waals surface area contributed by atoms with Crippen LogP contribution in [0, 0.1) is 0 Å². The van der Waals surface area contributed by atoms with Crippen LogP contribution < -0.4 is 10.1 Å². The summed E-state index contributed by atoms with van der Waals surface area (Å²) in [6.45, 7) is 10.9. The van der Waals surface area contributed by atoms with E-state index in [1.807, 2.05) is 20.8 Å². The first-order chi connectivity index (χ1) is 15.8. The summed E-state index contributed by atoms with van der Waals surface area (Å²) in [6, 6.07) is 8.57. The monoisotopic (exact) mass is 472 g/mol. The van der Waals surface area contributed by atoms with Crippen LogP contribution in [-0.2, 0) is 19.0 Å². The molecule has 0 spiro atoms. The Labute approximate surface area is 199 Å². The van der Waals surface area contributed by atoms with Gasteiger partial charge in [-0.2, -0.15) is 0 Å². The summed E-state index contributed by atoms with van der Waals surface area (Å²) in [5, 5.41) is 2.59. The van der Waals surface area contributed by atoms with Gasteiger partial charge in [0, 0.05) is 12.3 Å². The topological polar surface area (TPSA) is 113 Å². The van der Waals surface area contributed by atoms with Crippen molar-refractivity contribution in [3.05, 3.63) is 53.7 Å². The van der Waals surface area contributed by atoms with Crippen LogP contribution in [0.3, 0.4) is 0 Å². The maximum atomic E-state index is 12.6. The van der Waals surface area contributed by atoms with E-state index >= 15 is 0 Å². The van der Waals surface area contributed by atoms with E-state index in [1.54, 1.807) is 45.0 Å². The minimum absolute atomic E-state index is 0.0372. The van der Waals surface area contributed by atoms with Gasteiger partial charge in [-0.25, -0.2) is 14.6 Å². The number of benzene rings is 1. The van der Waals surface area contributed by atoms with Gasteiger partial charge >= 0.3 is 11.9 Å². The van der Waals surface area contributed by atoms with Crippen LogP contribution in [0.2, 0.25) is 0 Å². The molecule has 0 saturated carbocycles. The number of esters is 2. The van der Waals surface area contributed by atoms with Crippen LogP contribution in [-0.4, -0.2) is 53.8 Å². The summed E-state index contributed by atoms with van der Waals surface area (Å²) >= 11 is 0. The van der Waals surface area contributed by atoms with Gasteiger partial charge in [-0.05, 0) is 65.8 Å². The highest BCUT2D eigenvalue weighted by Crippen LogP contribution is 2.22. The van der Waals surface area contributed by atoms with Crippen LogP contribution in [0.25, 0.3) is 0 Å². The van der Waals surface area contributed by atoms with Crippen molar-refractivity contribution in [2.24, 2.45) is 0 Å². The highest BCUT2D eigenvalue weighted by Gasteiger charge is 2.25. The molecule has 2 aromatic rings. The molecule has 9 heteroatoms. The Bertz CT molecular complexity index is 1010. The first-order valence-electron chi connectivity index (χ1n) is 10.8. The molecule has 0 bridgehead atoms. The number of aromatic nitrogens is 1. The molecule has 0 aliphatic rings. The Morgan fingerprint density at radius 1 is 0.971 bits per heavy atom. The third kappa shape index (κ3) is 8.82. The van der Waals surface area contributed by atoms with Crippen LogP contribution in [0.4, 0.5) is 0 Å². The van der Waals surface area contributed by atoms with Crippen molar-refractivity contribution in [1.29, 1.82) is 0 Å². The summed E-state index contributed by atoms with van der Waals surface area (Å²) in [4.78, 5) is 41.0. The molecule has 1 atom stereocenters. The minimum atomic E-state index is -0.969. The average molecular weight is 473 g/mol. The number of rotatable bonds is 8. The molecule has 1 amide bonds. The van der Waals surface area contributed by atoms with E-state index in [0.717, 1.165) is 0 Å². The molecule has 0 aliphatic heterocycles. The van der Waals surface area contributed by atoms with Gasteiger partial charge in [0.25, 0.3) is 5.91 Å².